The van der Waals surface area contributed by atoms with E-state index in [9.17, 15) is 4.79 Å². The van der Waals surface area contributed by atoms with Crippen LogP contribution >= 0.6 is 31.9 Å². The van der Waals surface area contributed by atoms with Crippen LogP contribution in [-0.2, 0) is 0 Å². The molecule has 0 aliphatic rings. The Balaban J connectivity index is 3.33. The zero-order valence-electron chi connectivity index (χ0n) is 6.67. The first-order chi connectivity index (χ1) is 6.06. The fraction of sp³-hybridized carbons (Fsp3) is 0.125. The monoisotopic (exact) mass is 308 g/mol. The molecule has 70 valence electrons. The van der Waals surface area contributed by atoms with Crippen LogP contribution in [0.5, 0.6) is 5.75 Å². The Morgan fingerprint density at radius 2 is 1.92 bits per heavy atom. The normalized spacial score (nSPS) is 9.77. The second-order valence-corrected chi connectivity index (χ2v) is 3.98. The summed E-state index contributed by atoms with van der Waals surface area (Å²) < 4.78 is 6.36. The van der Waals surface area contributed by atoms with E-state index in [1.54, 1.807) is 6.07 Å². The first-order valence-corrected chi connectivity index (χ1v) is 4.91. The molecule has 5 heteroatoms. The zero-order chi connectivity index (χ0) is 10.0. The quantitative estimate of drug-likeness (QED) is 0.913. The summed E-state index contributed by atoms with van der Waals surface area (Å²) in [5, 5.41) is 8.80. The van der Waals surface area contributed by atoms with Gasteiger partial charge in [0, 0.05) is 8.95 Å². The maximum atomic E-state index is 10.7. The molecule has 1 rings (SSSR count). The summed E-state index contributed by atoms with van der Waals surface area (Å²) in [6.07, 6.45) is 0. The van der Waals surface area contributed by atoms with Crippen molar-refractivity contribution in [3.63, 3.8) is 0 Å². The van der Waals surface area contributed by atoms with E-state index in [1.165, 1.54) is 13.2 Å². The highest BCUT2D eigenvalue weighted by atomic mass is 79.9. The SMILES string of the molecule is COc1cc(Br)c(Br)cc1C(=O)O. The first kappa shape index (κ1) is 10.5. The number of carbonyl (C=O) groups is 1. The van der Waals surface area contributed by atoms with Crippen LogP contribution in [0.3, 0.4) is 0 Å². The molecule has 0 heterocycles. The van der Waals surface area contributed by atoms with E-state index in [0.29, 0.717) is 10.2 Å². The second kappa shape index (κ2) is 4.11. The van der Waals surface area contributed by atoms with Crippen LogP contribution in [0.2, 0.25) is 0 Å². The molecule has 0 unspecified atom stereocenters. The maximum absolute atomic E-state index is 10.7. The number of benzene rings is 1. The molecule has 13 heavy (non-hydrogen) atoms. The van der Waals surface area contributed by atoms with Crippen molar-refractivity contribution in [3.05, 3.63) is 26.6 Å². The molecule has 0 aliphatic carbocycles. The minimum atomic E-state index is -1.01. The van der Waals surface area contributed by atoms with Gasteiger partial charge in [0.1, 0.15) is 11.3 Å². The molecule has 1 N–H and O–H groups in total. The summed E-state index contributed by atoms with van der Waals surface area (Å²) in [4.78, 5) is 10.7. The minimum absolute atomic E-state index is 0.137. The van der Waals surface area contributed by atoms with Crippen molar-refractivity contribution in [1.82, 2.24) is 0 Å². The smallest absolute Gasteiger partial charge is 0.339 e. The lowest BCUT2D eigenvalue weighted by Crippen LogP contribution is -2.00. The maximum Gasteiger partial charge on any atom is 0.339 e. The first-order valence-electron chi connectivity index (χ1n) is 3.32. The lowest BCUT2D eigenvalue weighted by Gasteiger charge is -2.06. The molecule has 0 fully saturated rings. The van der Waals surface area contributed by atoms with Crippen LogP contribution < -0.4 is 4.74 Å². The van der Waals surface area contributed by atoms with Crippen molar-refractivity contribution in [2.45, 2.75) is 0 Å². The number of aromatic carboxylic acids is 1. The number of carboxylic acids is 1. The van der Waals surface area contributed by atoms with Crippen molar-refractivity contribution >= 4 is 37.8 Å². The molecule has 0 saturated carbocycles. The Morgan fingerprint density at radius 1 is 1.38 bits per heavy atom. The lowest BCUT2D eigenvalue weighted by atomic mass is 10.2. The molecule has 0 saturated heterocycles. The van der Waals surface area contributed by atoms with Crippen LogP contribution in [0.15, 0.2) is 21.1 Å². The Hall–Kier alpha value is -0.550. The van der Waals surface area contributed by atoms with Gasteiger partial charge in [-0.25, -0.2) is 4.79 Å². The van der Waals surface area contributed by atoms with Crippen molar-refractivity contribution in [1.29, 1.82) is 0 Å². The minimum Gasteiger partial charge on any atom is -0.496 e. The highest BCUT2D eigenvalue weighted by molar-refractivity contribution is 9.13. The predicted molar refractivity (Wildman–Crippen MR) is 55.4 cm³/mol. The molecule has 0 aromatic heterocycles. The molecule has 0 bridgehead atoms. The number of hydrogen-bond donors (Lipinski definition) is 1. The third-order valence-electron chi connectivity index (χ3n) is 1.47. The van der Waals surface area contributed by atoms with E-state index in [4.69, 9.17) is 9.84 Å². The number of ether oxygens (including phenoxy) is 1. The van der Waals surface area contributed by atoms with E-state index in [1.807, 2.05) is 0 Å². The van der Waals surface area contributed by atoms with Crippen LogP contribution in [0.4, 0.5) is 0 Å². The van der Waals surface area contributed by atoms with Gasteiger partial charge in [0.25, 0.3) is 0 Å². The van der Waals surface area contributed by atoms with Gasteiger partial charge in [-0.2, -0.15) is 0 Å². The number of carboxylic acid groups (broad SMARTS) is 1. The summed E-state index contributed by atoms with van der Waals surface area (Å²) >= 11 is 6.46. The van der Waals surface area contributed by atoms with Crippen molar-refractivity contribution < 1.29 is 14.6 Å². The Bertz CT molecular complexity index is 349. The van der Waals surface area contributed by atoms with E-state index in [0.717, 1.165) is 4.47 Å². The summed E-state index contributed by atoms with van der Waals surface area (Å²) in [7, 11) is 1.43. The van der Waals surface area contributed by atoms with Crippen LogP contribution in [-0.4, -0.2) is 18.2 Å². The molecule has 0 aliphatic heterocycles. The van der Waals surface area contributed by atoms with Gasteiger partial charge in [0.05, 0.1) is 7.11 Å². The Morgan fingerprint density at radius 3 is 2.38 bits per heavy atom. The third kappa shape index (κ3) is 2.22. The highest BCUT2D eigenvalue weighted by Gasteiger charge is 2.13. The average Bonchev–Trinajstić information content (AvgIpc) is 2.08. The number of halogens is 2. The standard InChI is InChI=1S/C8H6Br2O3/c1-13-7-3-6(10)5(9)2-4(7)8(11)12/h2-3H,1H3,(H,11,12). The molecular formula is C8H6Br2O3. The predicted octanol–water partition coefficient (Wildman–Crippen LogP) is 2.92. The molecule has 1 aromatic rings. The second-order valence-electron chi connectivity index (χ2n) is 2.27. The molecular weight excluding hydrogens is 304 g/mol. The van der Waals surface area contributed by atoms with E-state index in [2.05, 4.69) is 31.9 Å². The zero-order valence-corrected chi connectivity index (χ0v) is 9.85. The van der Waals surface area contributed by atoms with Gasteiger partial charge in [-0.05, 0) is 44.0 Å². The molecule has 0 amide bonds. The number of hydrogen-bond acceptors (Lipinski definition) is 2. The summed E-state index contributed by atoms with van der Waals surface area (Å²) in [6.45, 7) is 0. The van der Waals surface area contributed by atoms with Gasteiger partial charge in [-0.15, -0.1) is 0 Å². The highest BCUT2D eigenvalue weighted by Crippen LogP contribution is 2.30. The van der Waals surface area contributed by atoms with Crippen LogP contribution in [0.1, 0.15) is 10.4 Å². The van der Waals surface area contributed by atoms with Gasteiger partial charge in [0.15, 0.2) is 0 Å². The van der Waals surface area contributed by atoms with Gasteiger partial charge < -0.3 is 9.84 Å². The molecule has 0 atom stereocenters. The molecule has 0 spiro atoms. The third-order valence-corrected chi connectivity index (χ3v) is 3.32. The summed E-state index contributed by atoms with van der Waals surface area (Å²) in [5.74, 6) is -0.673. The topological polar surface area (TPSA) is 46.5 Å². The van der Waals surface area contributed by atoms with Gasteiger partial charge in [-0.3, -0.25) is 0 Å². The molecule has 0 radical (unpaired) electrons. The Labute approximate surface area is 92.0 Å². The van der Waals surface area contributed by atoms with Gasteiger partial charge >= 0.3 is 5.97 Å². The lowest BCUT2D eigenvalue weighted by molar-refractivity contribution is 0.0693. The van der Waals surface area contributed by atoms with E-state index >= 15 is 0 Å². The largest absolute Gasteiger partial charge is 0.496 e. The Kier molecular flexibility index (Phi) is 3.33. The van der Waals surface area contributed by atoms with Crippen molar-refractivity contribution in [2.75, 3.05) is 7.11 Å². The average molecular weight is 310 g/mol. The fourth-order valence-electron chi connectivity index (χ4n) is 0.865. The van der Waals surface area contributed by atoms with Gasteiger partial charge in [-0.1, -0.05) is 0 Å². The number of methoxy groups -OCH3 is 1. The summed E-state index contributed by atoms with van der Waals surface area (Å²) in [5.41, 5.74) is 0.137. The van der Waals surface area contributed by atoms with Crippen molar-refractivity contribution in [2.24, 2.45) is 0 Å². The van der Waals surface area contributed by atoms with E-state index in [-0.39, 0.29) is 5.56 Å². The fourth-order valence-corrected chi connectivity index (χ4v) is 1.53. The number of rotatable bonds is 2. The summed E-state index contributed by atoms with van der Waals surface area (Å²) in [6, 6.07) is 3.10. The van der Waals surface area contributed by atoms with E-state index < -0.39 is 5.97 Å². The molecule has 3 nitrogen and oxygen atoms in total. The van der Waals surface area contributed by atoms with Crippen molar-refractivity contribution in [3.8, 4) is 5.75 Å². The molecule has 1 aromatic carbocycles. The van der Waals surface area contributed by atoms with Crippen LogP contribution in [0.25, 0.3) is 0 Å². The van der Waals surface area contributed by atoms with Gasteiger partial charge in [0.2, 0.25) is 0 Å². The van der Waals surface area contributed by atoms with Crippen LogP contribution in [0, 0.1) is 0 Å².